The Labute approximate surface area is 278 Å². The maximum atomic E-state index is 13.9. The number of hydrogen-bond acceptors (Lipinski definition) is 9. The van der Waals surface area contributed by atoms with E-state index in [1.807, 2.05) is 30.3 Å². The fraction of sp³-hybridized carbons (Fsp3) is 0.471. The summed E-state index contributed by atoms with van der Waals surface area (Å²) >= 11 is 0. The van der Waals surface area contributed by atoms with Crippen LogP contribution in [0.15, 0.2) is 54.7 Å². The van der Waals surface area contributed by atoms with Gasteiger partial charge in [-0.15, -0.1) is 5.10 Å². The maximum Gasteiger partial charge on any atom is 0.252 e. The summed E-state index contributed by atoms with van der Waals surface area (Å²) in [5.74, 6) is -1.75. The molecular weight excluding hydrogens is 618 g/mol. The van der Waals surface area contributed by atoms with Gasteiger partial charge < -0.3 is 35.8 Å². The van der Waals surface area contributed by atoms with Crippen molar-refractivity contribution in [3.63, 3.8) is 0 Å². The molecule has 6 rings (SSSR count). The fourth-order valence-electron chi connectivity index (χ4n) is 6.07. The number of benzene rings is 2. The molecule has 0 unspecified atom stereocenters. The lowest BCUT2D eigenvalue weighted by Gasteiger charge is -2.32. The van der Waals surface area contributed by atoms with Gasteiger partial charge in [0.1, 0.15) is 30.4 Å². The van der Waals surface area contributed by atoms with Crippen LogP contribution in [0.2, 0.25) is 0 Å². The van der Waals surface area contributed by atoms with E-state index in [1.54, 1.807) is 29.1 Å². The van der Waals surface area contributed by atoms with Crippen molar-refractivity contribution in [2.45, 2.75) is 82.8 Å². The summed E-state index contributed by atoms with van der Waals surface area (Å²) in [4.78, 5) is 54.6. The molecule has 4 amide bonds. The van der Waals surface area contributed by atoms with E-state index in [0.717, 1.165) is 24.8 Å². The molecule has 14 nitrogen and oxygen atoms in total. The first-order chi connectivity index (χ1) is 23.2. The number of aliphatic hydroxyl groups is 1. The monoisotopic (exact) mass is 661 g/mol. The number of ether oxygens (including phenoxy) is 2. The van der Waals surface area contributed by atoms with Crippen LogP contribution in [-0.2, 0) is 33.9 Å². The van der Waals surface area contributed by atoms with Crippen LogP contribution in [0.4, 0.5) is 0 Å². The topological polar surface area (TPSA) is 186 Å². The number of nitrogens with zero attached hydrogens (tertiary/aromatic N) is 3. The molecule has 1 fully saturated rings. The van der Waals surface area contributed by atoms with Crippen LogP contribution in [0.1, 0.15) is 60.6 Å². The Morgan fingerprint density at radius 2 is 1.75 bits per heavy atom. The van der Waals surface area contributed by atoms with E-state index in [4.69, 9.17) is 9.47 Å². The van der Waals surface area contributed by atoms with Gasteiger partial charge >= 0.3 is 0 Å². The van der Waals surface area contributed by atoms with Gasteiger partial charge in [-0.2, -0.15) is 0 Å². The molecule has 14 heteroatoms. The average Bonchev–Trinajstić information content (AvgIpc) is 3.55. The van der Waals surface area contributed by atoms with Gasteiger partial charge in [0.25, 0.3) is 5.91 Å². The zero-order chi connectivity index (χ0) is 34.0. The highest BCUT2D eigenvalue weighted by molar-refractivity contribution is 5.99. The van der Waals surface area contributed by atoms with E-state index in [9.17, 15) is 24.3 Å². The molecule has 1 aromatic heterocycles. The summed E-state index contributed by atoms with van der Waals surface area (Å²) in [6.07, 6.45) is 4.77. The number of carbonyl (C=O) groups is 4. The number of methoxy groups -OCH3 is 1. The van der Waals surface area contributed by atoms with Crippen LogP contribution >= 0.6 is 0 Å². The minimum Gasteiger partial charge on any atom is -0.493 e. The number of carbonyl (C=O) groups excluding carboxylic acids is 4. The first kappa shape index (κ1) is 34.4. The molecule has 3 aromatic rings. The van der Waals surface area contributed by atoms with Crippen LogP contribution in [0.5, 0.6) is 11.5 Å². The van der Waals surface area contributed by atoms with Crippen molar-refractivity contribution in [1.82, 2.24) is 36.3 Å². The van der Waals surface area contributed by atoms with Gasteiger partial charge in [0.15, 0.2) is 11.5 Å². The normalized spacial score (nSPS) is 22.5. The van der Waals surface area contributed by atoms with Crippen LogP contribution in [0, 0.1) is 5.92 Å². The maximum absolute atomic E-state index is 13.9. The van der Waals surface area contributed by atoms with Crippen molar-refractivity contribution < 1.29 is 33.8 Å². The molecule has 1 saturated carbocycles. The standard InChI is InChI=1S/C34H43N7O7/c1-21(42)29-33(45)36-26(17-22-9-5-3-6-10-22)32(44)35-19-25-20-41(40-39-25)15-16-48-27-14-13-24(18-28(27)47-2)31(43)38-30(34(46)37-29)23-11-7-4-8-12-23/h3,5-6,9-10,13-14,18,20-21,23,26,29-30,42H,4,7-8,11-12,15-17,19H2,1-2H3,(H,35,44)(H,36,45)(H,37,46)(H,38,43)/t21-,26-,29+,30+/m1/s1. The van der Waals surface area contributed by atoms with Crippen molar-refractivity contribution in [1.29, 1.82) is 0 Å². The van der Waals surface area contributed by atoms with E-state index in [0.29, 0.717) is 36.6 Å². The van der Waals surface area contributed by atoms with Crippen molar-refractivity contribution in [3.8, 4) is 11.5 Å². The lowest BCUT2D eigenvalue weighted by Crippen LogP contribution is -2.61. The fourth-order valence-corrected chi connectivity index (χ4v) is 6.07. The molecule has 0 spiro atoms. The Morgan fingerprint density at radius 3 is 2.48 bits per heavy atom. The van der Waals surface area contributed by atoms with Crippen molar-refractivity contribution in [2.24, 2.45) is 5.92 Å². The van der Waals surface area contributed by atoms with Crippen LogP contribution < -0.4 is 30.7 Å². The number of hydrogen-bond donors (Lipinski definition) is 5. The van der Waals surface area contributed by atoms with Crippen molar-refractivity contribution in [2.75, 3.05) is 13.7 Å². The molecule has 4 atom stereocenters. The van der Waals surface area contributed by atoms with Crippen molar-refractivity contribution in [3.05, 3.63) is 71.5 Å². The third kappa shape index (κ3) is 8.88. The number of aromatic nitrogens is 3. The number of rotatable bonds is 5. The van der Waals surface area contributed by atoms with Gasteiger partial charge in [-0.25, -0.2) is 4.68 Å². The van der Waals surface area contributed by atoms with Gasteiger partial charge in [0, 0.05) is 12.0 Å². The number of aliphatic hydroxyl groups excluding tert-OH is 1. The van der Waals surface area contributed by atoms with Gasteiger partial charge in [0.2, 0.25) is 17.7 Å². The zero-order valence-electron chi connectivity index (χ0n) is 27.2. The molecule has 3 aliphatic rings. The van der Waals surface area contributed by atoms with Crippen LogP contribution in [0.25, 0.3) is 0 Å². The van der Waals surface area contributed by atoms with Crippen LogP contribution in [-0.4, -0.2) is 81.7 Å². The van der Waals surface area contributed by atoms with Gasteiger partial charge in [-0.1, -0.05) is 54.8 Å². The smallest absolute Gasteiger partial charge is 0.252 e. The van der Waals surface area contributed by atoms with Crippen LogP contribution in [0.3, 0.4) is 0 Å². The molecule has 1 aliphatic carbocycles. The molecular formula is C34H43N7O7. The van der Waals surface area contributed by atoms with E-state index in [-0.39, 0.29) is 31.1 Å². The molecule has 5 N–H and O–H groups in total. The summed E-state index contributed by atoms with van der Waals surface area (Å²) in [6.45, 7) is 2.00. The zero-order valence-corrected chi connectivity index (χ0v) is 27.2. The first-order valence-electron chi connectivity index (χ1n) is 16.3. The average molecular weight is 662 g/mol. The quantitative estimate of drug-likeness (QED) is 0.251. The lowest BCUT2D eigenvalue weighted by atomic mass is 9.83. The molecule has 0 saturated heterocycles. The van der Waals surface area contributed by atoms with E-state index in [2.05, 4.69) is 31.6 Å². The third-order valence-electron chi connectivity index (χ3n) is 8.70. The Hall–Kier alpha value is -4.98. The molecule has 2 aromatic carbocycles. The predicted octanol–water partition coefficient (Wildman–Crippen LogP) is 1.27. The summed E-state index contributed by atoms with van der Waals surface area (Å²) < 4.78 is 13.0. The number of amides is 4. The van der Waals surface area contributed by atoms with E-state index >= 15 is 0 Å². The molecule has 48 heavy (non-hydrogen) atoms. The highest BCUT2D eigenvalue weighted by Gasteiger charge is 2.36. The first-order valence-corrected chi connectivity index (χ1v) is 16.3. The molecule has 3 heterocycles. The number of nitrogens with one attached hydrogen (secondary N) is 4. The predicted molar refractivity (Wildman–Crippen MR) is 174 cm³/mol. The molecule has 2 aliphatic heterocycles. The summed E-state index contributed by atoms with van der Waals surface area (Å²) in [5.41, 5.74) is 1.55. The Bertz CT molecular complexity index is 1570. The highest BCUT2D eigenvalue weighted by atomic mass is 16.5. The third-order valence-corrected chi connectivity index (χ3v) is 8.70. The van der Waals surface area contributed by atoms with E-state index in [1.165, 1.54) is 14.0 Å². The lowest BCUT2D eigenvalue weighted by molar-refractivity contribution is -0.135. The Balaban J connectivity index is 1.46. The van der Waals surface area contributed by atoms with Gasteiger partial charge in [-0.3, -0.25) is 19.2 Å². The minimum atomic E-state index is -1.40. The molecule has 4 bridgehead atoms. The largest absolute Gasteiger partial charge is 0.493 e. The van der Waals surface area contributed by atoms with Gasteiger partial charge in [-0.05, 0) is 49.4 Å². The Kier molecular flexibility index (Phi) is 11.6. The van der Waals surface area contributed by atoms with E-state index < -0.39 is 47.9 Å². The second-order valence-corrected chi connectivity index (χ2v) is 12.2. The second kappa shape index (κ2) is 16.2. The summed E-state index contributed by atoms with van der Waals surface area (Å²) in [6, 6.07) is 10.5. The molecule has 0 radical (unpaired) electrons. The number of fused-ring (bicyclic) bond motifs is 15. The second-order valence-electron chi connectivity index (χ2n) is 12.2. The van der Waals surface area contributed by atoms with Gasteiger partial charge in [0.05, 0.1) is 32.5 Å². The minimum absolute atomic E-state index is 0.0511. The van der Waals surface area contributed by atoms with Crippen molar-refractivity contribution >= 4 is 23.6 Å². The summed E-state index contributed by atoms with van der Waals surface area (Å²) in [5, 5.41) is 30.0. The molecule has 256 valence electrons. The highest BCUT2D eigenvalue weighted by Crippen LogP contribution is 2.30. The Morgan fingerprint density at radius 1 is 0.979 bits per heavy atom. The summed E-state index contributed by atoms with van der Waals surface area (Å²) in [7, 11) is 1.47. The SMILES string of the molecule is COc1cc2ccc1OCCn1cc(nn1)CNC(=O)[C@@H](Cc1ccccc1)NC(=O)[C@H]([C@@H](C)O)NC(=O)[C@H](C1CCCCC1)NC2=O.